The molecule has 0 aliphatic carbocycles. The van der Waals surface area contributed by atoms with E-state index in [1.165, 1.54) is 31.4 Å². The predicted molar refractivity (Wildman–Crippen MR) is 136 cm³/mol. The van der Waals surface area contributed by atoms with Gasteiger partial charge in [-0.1, -0.05) is 19.4 Å². The van der Waals surface area contributed by atoms with Crippen molar-refractivity contribution in [3.05, 3.63) is 41.7 Å². The average Bonchev–Trinajstić information content (AvgIpc) is 2.99. The van der Waals surface area contributed by atoms with Gasteiger partial charge >= 0.3 is 0 Å². The van der Waals surface area contributed by atoms with Crippen LogP contribution in [0.5, 0.6) is 5.75 Å². The lowest BCUT2D eigenvalue weighted by Gasteiger charge is -2.17. The Morgan fingerprint density at radius 2 is 2.09 bits per heavy atom. The van der Waals surface area contributed by atoms with Crippen molar-refractivity contribution in [2.75, 3.05) is 19.6 Å². The maximum absolute atomic E-state index is 13.4. The second kappa shape index (κ2) is 14.3. The summed E-state index contributed by atoms with van der Waals surface area (Å²) in [4.78, 5) is 4.66. The van der Waals surface area contributed by atoms with E-state index in [2.05, 4.69) is 30.4 Å². The topological polar surface area (TPSA) is 76.4 Å². The van der Waals surface area contributed by atoms with E-state index in [9.17, 15) is 4.39 Å². The highest BCUT2D eigenvalue weighted by Gasteiger charge is 2.14. The highest BCUT2D eigenvalue weighted by atomic mass is 127. The molecular formula is C23H36FIN6O. The summed E-state index contributed by atoms with van der Waals surface area (Å²) in [5.41, 5.74) is 0. The van der Waals surface area contributed by atoms with Crippen LogP contribution in [0.3, 0.4) is 0 Å². The predicted octanol–water partition coefficient (Wildman–Crippen LogP) is 4.11. The van der Waals surface area contributed by atoms with E-state index in [1.807, 2.05) is 13.8 Å². The van der Waals surface area contributed by atoms with Gasteiger partial charge in [-0.15, -0.1) is 34.2 Å². The molecule has 1 unspecified atom stereocenters. The Kier molecular flexibility index (Phi) is 11.8. The number of fused-ring (bicyclic) bond motifs is 1. The van der Waals surface area contributed by atoms with Gasteiger partial charge in [0, 0.05) is 38.5 Å². The van der Waals surface area contributed by atoms with Gasteiger partial charge in [0.15, 0.2) is 5.96 Å². The van der Waals surface area contributed by atoms with Gasteiger partial charge in [-0.2, -0.15) is 0 Å². The second-order valence-electron chi connectivity index (χ2n) is 7.85. The maximum Gasteiger partial charge on any atom is 0.191 e. The summed E-state index contributed by atoms with van der Waals surface area (Å²) in [5, 5.41) is 15.5. The summed E-state index contributed by atoms with van der Waals surface area (Å²) < 4.78 is 21.6. The largest absolute Gasteiger partial charge is 0.488 e. The third-order valence-electron chi connectivity index (χ3n) is 5.41. The molecule has 2 heterocycles. The van der Waals surface area contributed by atoms with E-state index in [1.54, 1.807) is 12.1 Å². The fourth-order valence-corrected chi connectivity index (χ4v) is 3.70. The van der Waals surface area contributed by atoms with Crippen LogP contribution in [0.15, 0.2) is 29.3 Å². The van der Waals surface area contributed by atoms with Crippen molar-refractivity contribution in [3.8, 4) is 5.75 Å². The molecule has 178 valence electrons. The van der Waals surface area contributed by atoms with Crippen molar-refractivity contribution in [2.24, 2.45) is 4.99 Å². The number of rotatable bonds is 10. The SMILES string of the molecule is CCNC(=NCC(CC)Oc1cccc(F)c1)NCCCc1nnc2n1CCCCC2.I. The number of ether oxygens (including phenoxy) is 1. The number of halogens is 2. The number of nitrogens with zero attached hydrogens (tertiary/aromatic N) is 4. The molecule has 0 fully saturated rings. The first-order valence-corrected chi connectivity index (χ1v) is 11.5. The van der Waals surface area contributed by atoms with Crippen LogP contribution in [0.4, 0.5) is 4.39 Å². The molecule has 0 bridgehead atoms. The minimum absolute atomic E-state index is 0. The van der Waals surface area contributed by atoms with Crippen LogP contribution in [0, 0.1) is 5.82 Å². The molecule has 1 aromatic carbocycles. The molecule has 1 aliphatic heterocycles. The number of hydrogen-bond acceptors (Lipinski definition) is 4. The third kappa shape index (κ3) is 8.22. The van der Waals surface area contributed by atoms with E-state index >= 15 is 0 Å². The number of aromatic nitrogens is 3. The highest BCUT2D eigenvalue weighted by Crippen LogP contribution is 2.16. The first-order chi connectivity index (χ1) is 15.2. The van der Waals surface area contributed by atoms with Crippen LogP contribution in [0.1, 0.15) is 57.6 Å². The monoisotopic (exact) mass is 558 g/mol. The third-order valence-corrected chi connectivity index (χ3v) is 5.41. The lowest BCUT2D eigenvalue weighted by atomic mass is 10.2. The summed E-state index contributed by atoms with van der Waals surface area (Å²) in [7, 11) is 0. The molecule has 0 radical (unpaired) electrons. The molecule has 1 aliphatic rings. The number of aliphatic imine (C=N–C) groups is 1. The summed E-state index contributed by atoms with van der Waals surface area (Å²) in [5.74, 6) is 3.24. The molecule has 0 saturated heterocycles. The molecule has 0 amide bonds. The summed E-state index contributed by atoms with van der Waals surface area (Å²) in [6.07, 6.45) is 7.28. The van der Waals surface area contributed by atoms with Gasteiger partial charge in [0.1, 0.15) is 29.3 Å². The van der Waals surface area contributed by atoms with Crippen LogP contribution in [-0.2, 0) is 19.4 Å². The molecule has 0 saturated carbocycles. The van der Waals surface area contributed by atoms with Crippen LogP contribution in [0.25, 0.3) is 0 Å². The van der Waals surface area contributed by atoms with Crippen molar-refractivity contribution in [1.29, 1.82) is 0 Å². The molecule has 3 rings (SSSR count). The van der Waals surface area contributed by atoms with Crippen molar-refractivity contribution < 1.29 is 9.13 Å². The Labute approximate surface area is 207 Å². The molecule has 7 nitrogen and oxygen atoms in total. The van der Waals surface area contributed by atoms with Crippen LogP contribution >= 0.6 is 24.0 Å². The fraction of sp³-hybridized carbons (Fsp3) is 0.609. The number of nitrogens with one attached hydrogen (secondary N) is 2. The minimum atomic E-state index is -0.296. The lowest BCUT2D eigenvalue weighted by molar-refractivity contribution is 0.205. The zero-order valence-electron chi connectivity index (χ0n) is 19.1. The van der Waals surface area contributed by atoms with Gasteiger partial charge in [0.25, 0.3) is 0 Å². The van der Waals surface area contributed by atoms with Crippen LogP contribution in [-0.4, -0.2) is 46.5 Å². The standard InChI is InChI=1S/C23H35FN6O.HI/c1-3-19(31-20-11-8-10-18(24)16-20)17-27-23(25-4-2)26-14-9-13-22-29-28-21-12-6-5-7-15-30(21)22;/h8,10-11,16,19H,3-7,9,12-15,17H2,1-2H3,(H2,25,26,27);1H. The number of guanidine groups is 1. The molecule has 9 heteroatoms. The Morgan fingerprint density at radius 1 is 1.22 bits per heavy atom. The zero-order valence-corrected chi connectivity index (χ0v) is 21.5. The van der Waals surface area contributed by atoms with E-state index in [0.717, 1.165) is 62.9 Å². The van der Waals surface area contributed by atoms with E-state index < -0.39 is 0 Å². The first kappa shape index (κ1) is 26.3. The van der Waals surface area contributed by atoms with Gasteiger partial charge in [0.05, 0.1) is 6.54 Å². The molecule has 32 heavy (non-hydrogen) atoms. The fourth-order valence-electron chi connectivity index (χ4n) is 3.70. The highest BCUT2D eigenvalue weighted by molar-refractivity contribution is 14.0. The summed E-state index contributed by atoms with van der Waals surface area (Å²) in [6, 6.07) is 6.24. The Hall–Kier alpha value is -1.91. The Balaban J connectivity index is 0.00000363. The van der Waals surface area contributed by atoms with E-state index in [-0.39, 0.29) is 35.9 Å². The molecule has 0 spiro atoms. The van der Waals surface area contributed by atoms with Crippen LogP contribution in [0.2, 0.25) is 0 Å². The second-order valence-corrected chi connectivity index (χ2v) is 7.85. The van der Waals surface area contributed by atoms with E-state index in [4.69, 9.17) is 4.74 Å². The van der Waals surface area contributed by atoms with Gasteiger partial charge in [-0.3, -0.25) is 0 Å². The van der Waals surface area contributed by atoms with Crippen molar-refractivity contribution in [1.82, 2.24) is 25.4 Å². The smallest absolute Gasteiger partial charge is 0.191 e. The van der Waals surface area contributed by atoms with Crippen molar-refractivity contribution in [2.45, 2.75) is 71.4 Å². The Bertz CT molecular complexity index is 844. The number of benzene rings is 1. The zero-order chi connectivity index (χ0) is 21.9. The van der Waals surface area contributed by atoms with Crippen molar-refractivity contribution in [3.63, 3.8) is 0 Å². The first-order valence-electron chi connectivity index (χ1n) is 11.5. The number of aryl methyl sites for hydroxylation is 2. The number of hydrogen-bond donors (Lipinski definition) is 2. The maximum atomic E-state index is 13.4. The van der Waals surface area contributed by atoms with Crippen LogP contribution < -0.4 is 15.4 Å². The molecule has 2 aromatic rings. The van der Waals surface area contributed by atoms with E-state index in [0.29, 0.717) is 12.3 Å². The van der Waals surface area contributed by atoms with Gasteiger partial charge in [0.2, 0.25) is 0 Å². The average molecular weight is 558 g/mol. The normalized spacial score (nSPS) is 14.7. The lowest BCUT2D eigenvalue weighted by Crippen LogP contribution is -2.38. The summed E-state index contributed by atoms with van der Waals surface area (Å²) >= 11 is 0. The quantitative estimate of drug-likeness (QED) is 0.199. The summed E-state index contributed by atoms with van der Waals surface area (Å²) in [6.45, 7) is 7.21. The van der Waals surface area contributed by atoms with Gasteiger partial charge in [-0.25, -0.2) is 9.38 Å². The molecule has 1 atom stereocenters. The minimum Gasteiger partial charge on any atom is -0.488 e. The van der Waals surface area contributed by atoms with Gasteiger partial charge in [-0.05, 0) is 44.7 Å². The molecule has 1 aromatic heterocycles. The van der Waals surface area contributed by atoms with Crippen molar-refractivity contribution >= 4 is 29.9 Å². The molecular weight excluding hydrogens is 522 g/mol. The van der Waals surface area contributed by atoms with Gasteiger partial charge < -0.3 is 19.9 Å². The molecule has 2 N–H and O–H groups in total. The Morgan fingerprint density at radius 3 is 2.88 bits per heavy atom.